The zero-order valence-corrected chi connectivity index (χ0v) is 10.7. The van der Waals surface area contributed by atoms with Crippen LogP contribution in [0, 0.1) is 10.1 Å². The van der Waals surface area contributed by atoms with Crippen LogP contribution in [-0.2, 0) is 6.61 Å². The molecule has 1 N–H and O–H groups in total. The Morgan fingerprint density at radius 2 is 2.19 bits per heavy atom. The number of furan rings is 1. The molecule has 0 atom stereocenters. The third-order valence-corrected chi connectivity index (χ3v) is 2.84. The summed E-state index contributed by atoms with van der Waals surface area (Å²) in [7, 11) is 0. The maximum absolute atomic E-state index is 10.5. The smallest absolute Gasteiger partial charge is 0.400 e. The van der Waals surface area contributed by atoms with Crippen molar-refractivity contribution in [1.29, 1.82) is 0 Å². The van der Waals surface area contributed by atoms with Gasteiger partial charge in [-0.1, -0.05) is 12.1 Å². The van der Waals surface area contributed by atoms with E-state index in [0.717, 1.165) is 5.52 Å². The van der Waals surface area contributed by atoms with Gasteiger partial charge in [-0.25, -0.2) is 9.66 Å². The molecule has 0 aliphatic rings. The van der Waals surface area contributed by atoms with Gasteiger partial charge in [0.1, 0.15) is 11.5 Å². The molecule has 3 rings (SSSR count). The molecule has 0 fully saturated rings. The van der Waals surface area contributed by atoms with Crippen molar-refractivity contribution in [1.82, 2.24) is 9.66 Å². The van der Waals surface area contributed by atoms with Crippen molar-refractivity contribution in [2.75, 3.05) is 0 Å². The molecule has 8 nitrogen and oxygen atoms in total. The first-order valence-corrected chi connectivity index (χ1v) is 6.05. The van der Waals surface area contributed by atoms with Crippen LogP contribution in [0.1, 0.15) is 11.6 Å². The van der Waals surface area contributed by atoms with Crippen molar-refractivity contribution < 1.29 is 14.4 Å². The van der Waals surface area contributed by atoms with Crippen LogP contribution in [0.2, 0.25) is 0 Å². The number of aromatic nitrogens is 2. The molecule has 2 aromatic heterocycles. The normalized spacial score (nSPS) is 11.5. The zero-order valence-electron chi connectivity index (χ0n) is 10.7. The number of aliphatic hydroxyl groups is 1. The third-order valence-electron chi connectivity index (χ3n) is 2.84. The molecule has 1 aromatic carbocycles. The van der Waals surface area contributed by atoms with Gasteiger partial charge in [-0.3, -0.25) is 10.1 Å². The Hall–Kier alpha value is -3.00. The first-order valence-electron chi connectivity index (χ1n) is 6.05. The summed E-state index contributed by atoms with van der Waals surface area (Å²) in [6, 6.07) is 9.97. The maximum Gasteiger partial charge on any atom is 0.433 e. The molecule has 0 bridgehead atoms. The van der Waals surface area contributed by atoms with Crippen molar-refractivity contribution in [2.24, 2.45) is 5.10 Å². The number of fused-ring (bicyclic) bond motifs is 1. The zero-order chi connectivity index (χ0) is 14.8. The number of imidazole rings is 1. The monoisotopic (exact) mass is 286 g/mol. The number of hydrogen-bond donors (Lipinski definition) is 1. The Balaban J connectivity index is 1.99. The summed E-state index contributed by atoms with van der Waals surface area (Å²) in [6.07, 6.45) is 1.33. The van der Waals surface area contributed by atoms with Gasteiger partial charge in [-0.05, 0) is 18.2 Å². The average molecular weight is 286 g/mol. The van der Waals surface area contributed by atoms with Crippen LogP contribution in [0.3, 0.4) is 0 Å². The number of rotatable bonds is 4. The molecule has 0 spiro atoms. The lowest BCUT2D eigenvalue weighted by atomic mass is 10.3. The lowest BCUT2D eigenvalue weighted by molar-refractivity contribution is -0.402. The van der Waals surface area contributed by atoms with E-state index in [1.54, 1.807) is 6.07 Å². The van der Waals surface area contributed by atoms with E-state index >= 15 is 0 Å². The minimum atomic E-state index is -0.622. The number of hydrogen-bond acceptors (Lipinski definition) is 6. The van der Waals surface area contributed by atoms with Crippen molar-refractivity contribution in [3.8, 4) is 0 Å². The van der Waals surface area contributed by atoms with Crippen LogP contribution in [-0.4, -0.2) is 25.9 Å². The lowest BCUT2D eigenvalue weighted by Gasteiger charge is -1.98. The Morgan fingerprint density at radius 1 is 1.38 bits per heavy atom. The van der Waals surface area contributed by atoms with Crippen LogP contribution in [0.5, 0.6) is 0 Å². The molecule has 0 saturated heterocycles. The fraction of sp³-hybridized carbons (Fsp3) is 0.0769. The summed E-state index contributed by atoms with van der Waals surface area (Å²) in [6.45, 7) is -0.273. The van der Waals surface area contributed by atoms with Crippen molar-refractivity contribution in [3.05, 3.63) is 58.1 Å². The third kappa shape index (κ3) is 2.39. The molecule has 0 aliphatic carbocycles. The molecule has 0 aliphatic heterocycles. The minimum absolute atomic E-state index is 0.239. The summed E-state index contributed by atoms with van der Waals surface area (Å²) in [5.74, 6) is 0.256. The van der Waals surface area contributed by atoms with Gasteiger partial charge < -0.3 is 9.52 Å². The van der Waals surface area contributed by atoms with Crippen molar-refractivity contribution in [3.63, 3.8) is 0 Å². The van der Waals surface area contributed by atoms with Crippen molar-refractivity contribution >= 4 is 23.1 Å². The summed E-state index contributed by atoms with van der Waals surface area (Å²) in [5, 5.41) is 24.0. The Morgan fingerprint density at radius 3 is 2.90 bits per heavy atom. The van der Waals surface area contributed by atoms with Crippen LogP contribution >= 0.6 is 0 Å². The summed E-state index contributed by atoms with van der Waals surface area (Å²) < 4.78 is 6.45. The molecule has 21 heavy (non-hydrogen) atoms. The van der Waals surface area contributed by atoms with E-state index in [1.165, 1.54) is 23.0 Å². The highest BCUT2D eigenvalue weighted by atomic mass is 16.6. The molecule has 106 valence electrons. The highest BCUT2D eigenvalue weighted by Crippen LogP contribution is 2.17. The molecule has 0 radical (unpaired) electrons. The number of nitrogens with zero attached hydrogens (tertiary/aromatic N) is 4. The van der Waals surface area contributed by atoms with Gasteiger partial charge in [0.2, 0.25) is 0 Å². The first kappa shape index (κ1) is 13.0. The molecule has 0 unspecified atom stereocenters. The second-order valence-electron chi connectivity index (χ2n) is 4.16. The molecule has 8 heteroatoms. The van der Waals surface area contributed by atoms with Gasteiger partial charge in [0.25, 0.3) is 0 Å². The predicted octanol–water partition coefficient (Wildman–Crippen LogP) is 1.91. The van der Waals surface area contributed by atoms with E-state index < -0.39 is 4.92 Å². The SMILES string of the molecule is O=[N+]([O-])c1ccc(/C=N/n2c(CO)nc3ccccc32)o1. The van der Waals surface area contributed by atoms with Gasteiger partial charge in [0.05, 0.1) is 23.3 Å². The predicted molar refractivity (Wildman–Crippen MR) is 74.0 cm³/mol. The van der Waals surface area contributed by atoms with Gasteiger partial charge in [-0.15, -0.1) is 0 Å². The summed E-state index contributed by atoms with van der Waals surface area (Å²) in [5.41, 5.74) is 1.42. The first-order chi connectivity index (χ1) is 10.2. The fourth-order valence-electron chi connectivity index (χ4n) is 1.92. The quantitative estimate of drug-likeness (QED) is 0.448. The number of nitro groups is 1. The van der Waals surface area contributed by atoms with Crippen LogP contribution in [0.4, 0.5) is 5.88 Å². The van der Waals surface area contributed by atoms with E-state index in [9.17, 15) is 15.2 Å². The Kier molecular flexibility index (Phi) is 3.20. The molecular formula is C13H10N4O4. The van der Waals surface area contributed by atoms with Crippen LogP contribution in [0.25, 0.3) is 11.0 Å². The lowest BCUT2D eigenvalue weighted by Crippen LogP contribution is -1.98. The van der Waals surface area contributed by atoms with Gasteiger partial charge >= 0.3 is 5.88 Å². The van der Waals surface area contributed by atoms with Gasteiger partial charge in [0, 0.05) is 0 Å². The van der Waals surface area contributed by atoms with E-state index in [4.69, 9.17) is 4.42 Å². The van der Waals surface area contributed by atoms with Crippen molar-refractivity contribution in [2.45, 2.75) is 6.61 Å². The Bertz CT molecular complexity index is 834. The van der Waals surface area contributed by atoms with E-state index in [1.807, 2.05) is 18.2 Å². The molecule has 2 heterocycles. The van der Waals surface area contributed by atoms with Crippen LogP contribution < -0.4 is 0 Å². The number of para-hydroxylation sites is 2. The van der Waals surface area contributed by atoms with Gasteiger partial charge in [0.15, 0.2) is 11.6 Å². The standard InChI is InChI=1S/C13H10N4O4/c18-8-12-15-10-3-1-2-4-11(10)16(12)14-7-9-5-6-13(21-9)17(19)20/h1-7,18H,8H2/b14-7+. The largest absolute Gasteiger partial charge is 0.433 e. The highest BCUT2D eigenvalue weighted by molar-refractivity contribution is 5.79. The second kappa shape index (κ2) is 5.17. The Labute approximate surface area is 118 Å². The number of benzene rings is 1. The topological polar surface area (TPSA) is 107 Å². The van der Waals surface area contributed by atoms with E-state index in [-0.39, 0.29) is 18.3 Å². The summed E-state index contributed by atoms with van der Waals surface area (Å²) in [4.78, 5) is 14.2. The fourth-order valence-corrected chi connectivity index (χ4v) is 1.92. The molecule has 3 aromatic rings. The van der Waals surface area contributed by atoms with E-state index in [2.05, 4.69) is 10.1 Å². The average Bonchev–Trinajstić information content (AvgIpc) is 3.09. The van der Waals surface area contributed by atoms with Crippen LogP contribution in [0.15, 0.2) is 45.9 Å². The highest BCUT2D eigenvalue weighted by Gasteiger charge is 2.11. The molecular weight excluding hydrogens is 276 g/mol. The maximum atomic E-state index is 10.5. The van der Waals surface area contributed by atoms with Gasteiger partial charge in [-0.2, -0.15) is 5.10 Å². The second-order valence-corrected chi connectivity index (χ2v) is 4.16. The van der Waals surface area contributed by atoms with E-state index in [0.29, 0.717) is 11.3 Å². The molecule has 0 saturated carbocycles. The molecule has 0 amide bonds. The summed E-state index contributed by atoms with van der Waals surface area (Å²) >= 11 is 0. The minimum Gasteiger partial charge on any atom is -0.400 e. The number of aliphatic hydroxyl groups excluding tert-OH is 1.